The zero-order valence-corrected chi connectivity index (χ0v) is 22.3. The average molecular weight is 561 g/mol. The zero-order valence-electron chi connectivity index (χ0n) is 22.3. The number of carboxylic acid groups (broad SMARTS) is 2. The normalized spacial score (nSPS) is 14.0. The summed E-state index contributed by atoms with van der Waals surface area (Å²) >= 11 is 0. The van der Waals surface area contributed by atoms with Crippen LogP contribution >= 0.6 is 0 Å². The minimum absolute atomic E-state index is 0.00164. The summed E-state index contributed by atoms with van der Waals surface area (Å²) in [5, 5.41) is 35.7. The molecule has 0 aliphatic carbocycles. The third-order valence-electron chi connectivity index (χ3n) is 5.95. The smallest absolute Gasteiger partial charge is 0.326 e. The van der Waals surface area contributed by atoms with Crippen LogP contribution in [0.3, 0.4) is 0 Å². The Kier molecular flexibility index (Phi) is 12.1. The predicted molar refractivity (Wildman–Crippen MR) is 142 cm³/mol. The molecule has 14 heteroatoms. The summed E-state index contributed by atoms with van der Waals surface area (Å²) in [5.74, 6) is -4.66. The van der Waals surface area contributed by atoms with Gasteiger partial charge in [-0.3, -0.25) is 19.2 Å². The van der Waals surface area contributed by atoms with Gasteiger partial charge in [-0.15, -0.1) is 0 Å². The molecule has 4 atom stereocenters. The van der Waals surface area contributed by atoms with E-state index in [1.165, 1.54) is 24.7 Å². The van der Waals surface area contributed by atoms with Gasteiger partial charge in [-0.05, 0) is 36.5 Å². The molecule has 1 aromatic carbocycles. The molecule has 4 unspecified atom stereocenters. The lowest BCUT2D eigenvalue weighted by molar-refractivity contribution is -0.142. The van der Waals surface area contributed by atoms with E-state index in [4.69, 9.17) is 10.8 Å². The van der Waals surface area contributed by atoms with Crippen LogP contribution in [0.2, 0.25) is 0 Å². The van der Waals surface area contributed by atoms with Crippen LogP contribution in [-0.2, 0) is 36.8 Å². The number of H-pyrrole nitrogens is 1. The van der Waals surface area contributed by atoms with Crippen molar-refractivity contribution >= 4 is 29.7 Å². The van der Waals surface area contributed by atoms with E-state index in [0.29, 0.717) is 11.3 Å². The molecule has 2 rings (SSSR count). The Morgan fingerprint density at radius 3 is 2.05 bits per heavy atom. The molecular weight excluding hydrogens is 524 g/mol. The molecule has 218 valence electrons. The van der Waals surface area contributed by atoms with Gasteiger partial charge in [0.1, 0.15) is 23.9 Å². The highest BCUT2D eigenvalue weighted by atomic mass is 16.4. The van der Waals surface area contributed by atoms with Crippen molar-refractivity contribution in [3.8, 4) is 5.75 Å². The second-order valence-electron chi connectivity index (χ2n) is 9.84. The molecule has 1 aromatic heterocycles. The number of benzene rings is 1. The Morgan fingerprint density at radius 1 is 0.900 bits per heavy atom. The molecule has 0 radical (unpaired) electrons. The number of aromatic amines is 1. The number of nitrogens with one attached hydrogen (secondary N) is 4. The fraction of sp³-hybridized carbons (Fsp3) is 0.462. The Bertz CT molecular complexity index is 1150. The topological polar surface area (TPSA) is 237 Å². The number of carbonyl (C=O) groups excluding carboxylic acids is 3. The first-order valence-electron chi connectivity index (χ1n) is 12.7. The molecule has 1 heterocycles. The van der Waals surface area contributed by atoms with Gasteiger partial charge in [0.25, 0.3) is 0 Å². The van der Waals surface area contributed by atoms with E-state index < -0.39 is 53.8 Å². The lowest BCUT2D eigenvalue weighted by Crippen LogP contribution is -2.58. The summed E-state index contributed by atoms with van der Waals surface area (Å²) in [6.07, 6.45) is 2.41. The van der Waals surface area contributed by atoms with Crippen molar-refractivity contribution in [1.29, 1.82) is 0 Å². The van der Waals surface area contributed by atoms with Gasteiger partial charge in [-0.2, -0.15) is 0 Å². The molecule has 9 N–H and O–H groups in total. The highest BCUT2D eigenvalue weighted by molar-refractivity contribution is 5.94. The van der Waals surface area contributed by atoms with E-state index in [9.17, 15) is 34.2 Å². The van der Waals surface area contributed by atoms with Crippen molar-refractivity contribution in [2.45, 2.75) is 70.1 Å². The first kappa shape index (κ1) is 31.8. The molecule has 0 spiro atoms. The number of carboxylic acids is 2. The van der Waals surface area contributed by atoms with Crippen LogP contribution in [-0.4, -0.2) is 79.1 Å². The fourth-order valence-corrected chi connectivity index (χ4v) is 3.83. The van der Waals surface area contributed by atoms with Gasteiger partial charge in [0.15, 0.2) is 0 Å². The Morgan fingerprint density at radius 2 is 1.50 bits per heavy atom. The molecule has 0 saturated heterocycles. The van der Waals surface area contributed by atoms with Crippen LogP contribution in [0.1, 0.15) is 44.4 Å². The number of phenols is 1. The maximum absolute atomic E-state index is 13.3. The summed E-state index contributed by atoms with van der Waals surface area (Å²) < 4.78 is 0. The number of aliphatic carboxylic acids is 2. The van der Waals surface area contributed by atoms with Crippen molar-refractivity contribution in [2.75, 3.05) is 0 Å². The average Bonchev–Trinajstić information content (AvgIpc) is 3.40. The fourth-order valence-electron chi connectivity index (χ4n) is 3.83. The number of hydrogen-bond acceptors (Lipinski definition) is 8. The minimum Gasteiger partial charge on any atom is -0.508 e. The zero-order chi connectivity index (χ0) is 29.8. The maximum Gasteiger partial charge on any atom is 0.326 e. The number of carbonyl (C=O) groups is 5. The number of imidazole rings is 1. The van der Waals surface area contributed by atoms with Gasteiger partial charge < -0.3 is 42.0 Å². The maximum atomic E-state index is 13.3. The van der Waals surface area contributed by atoms with E-state index in [1.54, 1.807) is 12.1 Å². The lowest BCUT2D eigenvalue weighted by Gasteiger charge is -2.26. The number of aromatic nitrogens is 2. The SMILES string of the molecule is CC(C)CC(NC(=O)C(N)CCC(=O)O)C(=O)NC(Cc1ccc(O)cc1)C(=O)NC(Cc1cnc[nH]1)C(=O)O. The van der Waals surface area contributed by atoms with Gasteiger partial charge in [0.05, 0.1) is 12.4 Å². The van der Waals surface area contributed by atoms with Crippen LogP contribution in [0.15, 0.2) is 36.8 Å². The van der Waals surface area contributed by atoms with Crippen LogP contribution in [0, 0.1) is 5.92 Å². The van der Waals surface area contributed by atoms with E-state index in [-0.39, 0.29) is 43.8 Å². The van der Waals surface area contributed by atoms with Crippen LogP contribution in [0.5, 0.6) is 5.75 Å². The number of phenolic OH excluding ortho intramolecular Hbond substituents is 1. The summed E-state index contributed by atoms with van der Waals surface area (Å²) in [5.41, 5.74) is 6.84. The largest absolute Gasteiger partial charge is 0.508 e. The summed E-state index contributed by atoms with van der Waals surface area (Å²) in [6.45, 7) is 3.65. The molecular formula is C26H36N6O8. The van der Waals surface area contributed by atoms with Crippen LogP contribution < -0.4 is 21.7 Å². The molecule has 14 nitrogen and oxygen atoms in total. The van der Waals surface area contributed by atoms with Gasteiger partial charge >= 0.3 is 11.9 Å². The van der Waals surface area contributed by atoms with E-state index in [2.05, 4.69) is 25.9 Å². The molecule has 0 bridgehead atoms. The number of rotatable bonds is 16. The first-order valence-corrected chi connectivity index (χ1v) is 12.7. The van der Waals surface area contributed by atoms with Crippen molar-refractivity contribution < 1.29 is 39.3 Å². The highest BCUT2D eigenvalue weighted by Crippen LogP contribution is 2.13. The number of aromatic hydroxyl groups is 1. The molecule has 0 fully saturated rings. The summed E-state index contributed by atoms with van der Waals surface area (Å²) in [7, 11) is 0. The van der Waals surface area contributed by atoms with Gasteiger partial charge in [0, 0.05) is 31.2 Å². The first-order chi connectivity index (χ1) is 18.8. The van der Waals surface area contributed by atoms with Crippen molar-refractivity contribution in [2.24, 2.45) is 11.7 Å². The summed E-state index contributed by atoms with van der Waals surface area (Å²) in [6, 6.07) is 1.09. The number of nitrogens with zero attached hydrogens (tertiary/aromatic N) is 1. The molecule has 40 heavy (non-hydrogen) atoms. The second-order valence-corrected chi connectivity index (χ2v) is 9.84. The predicted octanol–water partition coefficient (Wildman–Crippen LogP) is -0.322. The molecule has 0 saturated carbocycles. The van der Waals surface area contributed by atoms with Crippen molar-refractivity contribution in [1.82, 2.24) is 25.9 Å². The number of nitrogens with two attached hydrogens (primary N) is 1. The van der Waals surface area contributed by atoms with Gasteiger partial charge in [-0.1, -0.05) is 26.0 Å². The standard InChI is InChI=1S/C26H36N6O8/c1-14(2)9-19(30-23(36)18(27)7-8-22(34)35)24(37)31-20(10-15-3-5-17(33)6-4-15)25(38)32-21(26(39)40)11-16-12-28-13-29-16/h3-6,12-14,18-21,33H,7-11,27H2,1-2H3,(H,28,29)(H,30,36)(H,31,37)(H,32,38)(H,34,35)(H,39,40). The Balaban J connectivity index is 2.23. The van der Waals surface area contributed by atoms with E-state index in [1.807, 2.05) is 13.8 Å². The van der Waals surface area contributed by atoms with E-state index >= 15 is 0 Å². The third kappa shape index (κ3) is 10.7. The van der Waals surface area contributed by atoms with Crippen LogP contribution in [0.25, 0.3) is 0 Å². The van der Waals surface area contributed by atoms with E-state index in [0.717, 1.165) is 0 Å². The Hall–Kier alpha value is -4.46. The molecule has 3 amide bonds. The Labute approximate surface area is 230 Å². The summed E-state index contributed by atoms with van der Waals surface area (Å²) in [4.78, 5) is 68.5. The number of amides is 3. The molecule has 0 aliphatic heterocycles. The quantitative estimate of drug-likeness (QED) is 0.133. The van der Waals surface area contributed by atoms with Crippen LogP contribution in [0.4, 0.5) is 0 Å². The second kappa shape index (κ2) is 15.2. The number of hydrogen-bond donors (Lipinski definition) is 8. The third-order valence-corrected chi connectivity index (χ3v) is 5.95. The highest BCUT2D eigenvalue weighted by Gasteiger charge is 2.31. The molecule has 2 aromatic rings. The van der Waals surface area contributed by atoms with Crippen molar-refractivity contribution in [3.63, 3.8) is 0 Å². The van der Waals surface area contributed by atoms with Gasteiger partial charge in [-0.25, -0.2) is 9.78 Å². The van der Waals surface area contributed by atoms with Gasteiger partial charge in [0.2, 0.25) is 17.7 Å². The lowest BCUT2D eigenvalue weighted by atomic mass is 10.00. The minimum atomic E-state index is -1.33. The van der Waals surface area contributed by atoms with Crippen molar-refractivity contribution in [3.05, 3.63) is 48.0 Å². The molecule has 0 aliphatic rings. The monoisotopic (exact) mass is 560 g/mol.